The molecule has 40 heavy (non-hydrogen) atoms. The quantitative estimate of drug-likeness (QED) is 0.400. The molecule has 5 rings (SSSR count). The van der Waals surface area contributed by atoms with Crippen molar-refractivity contribution in [3.8, 4) is 0 Å². The first-order valence-corrected chi connectivity index (χ1v) is 14.1. The number of rotatable bonds is 2. The van der Waals surface area contributed by atoms with Crippen LogP contribution in [0.2, 0.25) is 0 Å². The lowest BCUT2D eigenvalue weighted by atomic mass is 9.67. The van der Waals surface area contributed by atoms with Crippen LogP contribution < -0.4 is 4.90 Å². The molecule has 0 spiro atoms. The van der Waals surface area contributed by atoms with Crippen LogP contribution >= 0.6 is 0 Å². The summed E-state index contributed by atoms with van der Waals surface area (Å²) in [4.78, 5) is 45.0. The molecule has 2 aromatic carbocycles. The van der Waals surface area contributed by atoms with Gasteiger partial charge < -0.3 is 9.64 Å². The van der Waals surface area contributed by atoms with E-state index in [-0.39, 0.29) is 23.7 Å². The number of benzene rings is 2. The van der Waals surface area contributed by atoms with Crippen LogP contribution in [-0.4, -0.2) is 34.8 Å². The van der Waals surface area contributed by atoms with Crippen LogP contribution in [-0.2, 0) is 14.3 Å². The van der Waals surface area contributed by atoms with Crippen LogP contribution in [0.4, 0.5) is 10.5 Å². The third-order valence-electron chi connectivity index (χ3n) is 8.14. The molecule has 0 fully saturated rings. The van der Waals surface area contributed by atoms with E-state index < -0.39 is 17.6 Å². The van der Waals surface area contributed by atoms with Crippen molar-refractivity contribution in [1.29, 1.82) is 0 Å². The SMILES string of the molecule is Cc1ccc(N2C3=C(C(=O)CC(C)(C)C3)C(c3ccc(C)c(C)c3)C3=C2CCN(C(=O)OC(C)(C)C)C3=O)cc1. The van der Waals surface area contributed by atoms with E-state index in [0.29, 0.717) is 30.4 Å². The zero-order valence-corrected chi connectivity index (χ0v) is 25.0. The zero-order chi connectivity index (χ0) is 29.1. The van der Waals surface area contributed by atoms with Crippen molar-refractivity contribution in [3.63, 3.8) is 0 Å². The molecule has 6 nitrogen and oxygen atoms in total. The van der Waals surface area contributed by atoms with Gasteiger partial charge in [-0.3, -0.25) is 9.59 Å². The predicted octanol–water partition coefficient (Wildman–Crippen LogP) is 7.28. The highest BCUT2D eigenvalue weighted by Crippen LogP contribution is 2.53. The molecule has 2 aromatic rings. The highest BCUT2D eigenvalue weighted by molar-refractivity contribution is 6.10. The van der Waals surface area contributed by atoms with Crippen molar-refractivity contribution in [2.75, 3.05) is 11.4 Å². The van der Waals surface area contributed by atoms with E-state index in [1.807, 2.05) is 26.0 Å². The summed E-state index contributed by atoms with van der Waals surface area (Å²) >= 11 is 0. The minimum atomic E-state index is -0.736. The molecule has 0 bridgehead atoms. The molecule has 1 aliphatic carbocycles. The van der Waals surface area contributed by atoms with E-state index in [2.05, 4.69) is 56.0 Å². The van der Waals surface area contributed by atoms with Crippen LogP contribution in [0.25, 0.3) is 0 Å². The number of nitrogens with zero attached hydrogens (tertiary/aromatic N) is 2. The van der Waals surface area contributed by atoms with Crippen molar-refractivity contribution in [2.24, 2.45) is 5.41 Å². The van der Waals surface area contributed by atoms with Gasteiger partial charge in [-0.15, -0.1) is 0 Å². The molecule has 210 valence electrons. The number of imide groups is 1. The minimum absolute atomic E-state index is 0.0559. The molecule has 2 aliphatic heterocycles. The van der Waals surface area contributed by atoms with E-state index in [0.717, 1.165) is 39.3 Å². The molecule has 1 unspecified atom stereocenters. The molecule has 0 saturated carbocycles. The number of hydrogen-bond acceptors (Lipinski definition) is 5. The Bertz CT molecular complexity index is 1470. The average Bonchev–Trinajstić information content (AvgIpc) is 2.83. The maximum atomic E-state index is 14.4. The second kappa shape index (κ2) is 9.76. The fourth-order valence-electron chi connectivity index (χ4n) is 6.16. The van der Waals surface area contributed by atoms with E-state index in [4.69, 9.17) is 4.74 Å². The van der Waals surface area contributed by atoms with Crippen molar-refractivity contribution >= 4 is 23.5 Å². The second-order valence-corrected chi connectivity index (χ2v) is 13.3. The number of carbonyl (C=O) groups excluding carboxylic acids is 3. The standard InChI is InChI=1S/C34H40N2O4/c1-20-9-13-24(14-10-20)36-25-15-16-35(32(39)40-33(4,5)6)31(38)30(25)28(23-12-11-21(2)22(3)17-23)29-26(36)18-34(7,8)19-27(29)37/h9-14,17,28H,15-16,18-19H2,1-8H3. The maximum absolute atomic E-state index is 14.4. The molecule has 0 saturated heterocycles. The summed E-state index contributed by atoms with van der Waals surface area (Å²) in [7, 11) is 0. The molecule has 1 atom stereocenters. The third-order valence-corrected chi connectivity index (χ3v) is 8.14. The fraction of sp³-hybridized carbons (Fsp3) is 0.441. The number of amides is 2. The lowest BCUT2D eigenvalue weighted by molar-refractivity contribution is -0.127. The number of anilines is 1. The first-order chi connectivity index (χ1) is 18.7. The van der Waals surface area contributed by atoms with Crippen LogP contribution in [0.5, 0.6) is 0 Å². The number of aryl methyl sites for hydroxylation is 3. The molecular formula is C34H40N2O4. The summed E-state index contributed by atoms with van der Waals surface area (Å²) in [6.07, 6.45) is 0.938. The zero-order valence-electron chi connectivity index (χ0n) is 25.0. The Morgan fingerprint density at radius 2 is 1.57 bits per heavy atom. The number of hydrogen-bond donors (Lipinski definition) is 0. The summed E-state index contributed by atoms with van der Waals surface area (Å²) in [5.74, 6) is -0.882. The highest BCUT2D eigenvalue weighted by Gasteiger charge is 2.49. The summed E-state index contributed by atoms with van der Waals surface area (Å²) < 4.78 is 5.63. The van der Waals surface area contributed by atoms with Crippen molar-refractivity contribution < 1.29 is 19.1 Å². The summed E-state index contributed by atoms with van der Waals surface area (Å²) in [5, 5.41) is 0. The van der Waals surface area contributed by atoms with Gasteiger partial charge in [0, 0.05) is 53.5 Å². The van der Waals surface area contributed by atoms with Crippen LogP contribution in [0.15, 0.2) is 65.0 Å². The van der Waals surface area contributed by atoms with Gasteiger partial charge in [0.05, 0.1) is 0 Å². The topological polar surface area (TPSA) is 66.9 Å². The molecule has 6 heteroatoms. The van der Waals surface area contributed by atoms with Gasteiger partial charge in [0.1, 0.15) is 5.60 Å². The van der Waals surface area contributed by atoms with Gasteiger partial charge >= 0.3 is 6.09 Å². The number of Topliss-reactive ketones (excluding diaryl/α,β-unsaturated/α-hetero) is 1. The molecule has 3 aliphatic rings. The van der Waals surface area contributed by atoms with Crippen LogP contribution in [0.1, 0.15) is 82.1 Å². The molecule has 0 aromatic heterocycles. The Hall–Kier alpha value is -3.67. The van der Waals surface area contributed by atoms with Crippen LogP contribution in [0.3, 0.4) is 0 Å². The molecule has 2 heterocycles. The summed E-state index contributed by atoms with van der Waals surface area (Å²) in [6.45, 7) is 16.0. The largest absolute Gasteiger partial charge is 0.443 e. The number of ketones is 1. The molecular weight excluding hydrogens is 500 g/mol. The molecule has 0 N–H and O–H groups in total. The van der Waals surface area contributed by atoms with Crippen molar-refractivity contribution in [1.82, 2.24) is 4.90 Å². The Morgan fingerprint density at radius 3 is 2.20 bits per heavy atom. The van der Waals surface area contributed by atoms with E-state index >= 15 is 0 Å². The highest BCUT2D eigenvalue weighted by atomic mass is 16.6. The van der Waals surface area contributed by atoms with Gasteiger partial charge in [-0.25, -0.2) is 9.69 Å². The molecule has 0 radical (unpaired) electrons. The van der Waals surface area contributed by atoms with Gasteiger partial charge in [0.25, 0.3) is 5.91 Å². The van der Waals surface area contributed by atoms with Gasteiger partial charge in [-0.1, -0.05) is 49.7 Å². The Kier molecular flexibility index (Phi) is 6.80. The first kappa shape index (κ1) is 27.9. The normalized spacial score (nSPS) is 20.9. The van der Waals surface area contributed by atoms with E-state index in [9.17, 15) is 14.4 Å². The number of allylic oxidation sites excluding steroid dienone is 2. The lowest BCUT2D eigenvalue weighted by Crippen LogP contribution is -2.50. The van der Waals surface area contributed by atoms with Gasteiger partial charge in [-0.05, 0) is 82.2 Å². The summed E-state index contributed by atoms with van der Waals surface area (Å²) in [5.41, 5.74) is 7.23. The molecule has 2 amide bonds. The first-order valence-electron chi connectivity index (χ1n) is 14.1. The number of ether oxygens (including phenoxy) is 1. The van der Waals surface area contributed by atoms with Gasteiger partial charge in [0.2, 0.25) is 0 Å². The Balaban J connectivity index is 1.77. The van der Waals surface area contributed by atoms with Gasteiger partial charge in [0.15, 0.2) is 5.78 Å². The number of carbonyl (C=O) groups is 3. The van der Waals surface area contributed by atoms with Crippen LogP contribution in [0, 0.1) is 26.2 Å². The Labute approximate surface area is 237 Å². The smallest absolute Gasteiger partial charge is 0.417 e. The predicted molar refractivity (Wildman–Crippen MR) is 157 cm³/mol. The third kappa shape index (κ3) is 5.00. The van der Waals surface area contributed by atoms with Gasteiger partial charge in [-0.2, -0.15) is 0 Å². The monoisotopic (exact) mass is 540 g/mol. The van der Waals surface area contributed by atoms with Crippen molar-refractivity contribution in [2.45, 2.75) is 86.2 Å². The fourth-order valence-corrected chi connectivity index (χ4v) is 6.16. The average molecular weight is 541 g/mol. The minimum Gasteiger partial charge on any atom is -0.443 e. The Morgan fingerprint density at radius 1 is 0.900 bits per heavy atom. The van der Waals surface area contributed by atoms with Crippen molar-refractivity contribution in [3.05, 3.63) is 87.3 Å². The second-order valence-electron chi connectivity index (χ2n) is 13.3. The summed E-state index contributed by atoms with van der Waals surface area (Å²) in [6, 6.07) is 14.4. The maximum Gasteiger partial charge on any atom is 0.417 e. The lowest BCUT2D eigenvalue weighted by Gasteiger charge is -2.48. The van der Waals surface area contributed by atoms with E-state index in [1.165, 1.54) is 4.90 Å². The van der Waals surface area contributed by atoms with E-state index in [1.54, 1.807) is 20.8 Å².